The van der Waals surface area contributed by atoms with E-state index in [4.69, 9.17) is 4.74 Å². The maximum absolute atomic E-state index is 13.3. The number of anilines is 1. The van der Waals surface area contributed by atoms with Crippen LogP contribution in [0.1, 0.15) is 27.1 Å². The summed E-state index contributed by atoms with van der Waals surface area (Å²) < 4.78 is 31.5. The Morgan fingerprint density at radius 3 is 2.61 bits per heavy atom. The molecule has 0 fully saturated rings. The standard InChI is InChI=1S/C17H13F2NO3/c1-23-11-3-5-15-12(9-11)16(21)6-7-20(15)17(22)10-2-4-13(18)14(19)8-10/h2-5,8-9H,6-7H2,1H3. The lowest BCUT2D eigenvalue weighted by atomic mass is 9.99. The van der Waals surface area contributed by atoms with E-state index in [1.807, 2.05) is 0 Å². The predicted molar refractivity (Wildman–Crippen MR) is 80.0 cm³/mol. The predicted octanol–water partition coefficient (Wildman–Crippen LogP) is 3.21. The first-order chi connectivity index (χ1) is 11.0. The van der Waals surface area contributed by atoms with Crippen molar-refractivity contribution >= 4 is 17.4 Å². The van der Waals surface area contributed by atoms with Crippen LogP contribution in [0.15, 0.2) is 36.4 Å². The Labute approximate surface area is 131 Å². The number of nitrogens with zero attached hydrogens (tertiary/aromatic N) is 1. The van der Waals surface area contributed by atoms with Gasteiger partial charge in [-0.15, -0.1) is 0 Å². The number of amides is 1. The molecule has 1 amide bonds. The summed E-state index contributed by atoms with van der Waals surface area (Å²) in [6.07, 6.45) is 0.162. The van der Waals surface area contributed by atoms with Gasteiger partial charge in [-0.05, 0) is 36.4 Å². The molecule has 0 N–H and O–H groups in total. The van der Waals surface area contributed by atoms with Crippen LogP contribution in [0.25, 0.3) is 0 Å². The van der Waals surface area contributed by atoms with E-state index in [2.05, 4.69) is 0 Å². The molecule has 1 heterocycles. The molecule has 0 saturated carbocycles. The van der Waals surface area contributed by atoms with Crippen LogP contribution >= 0.6 is 0 Å². The molecule has 0 aromatic heterocycles. The molecule has 118 valence electrons. The van der Waals surface area contributed by atoms with Crippen molar-refractivity contribution in [3.05, 3.63) is 59.2 Å². The Bertz CT molecular complexity index is 804. The van der Waals surface area contributed by atoms with Gasteiger partial charge in [0.15, 0.2) is 17.4 Å². The second kappa shape index (κ2) is 5.79. The molecule has 23 heavy (non-hydrogen) atoms. The van der Waals surface area contributed by atoms with Gasteiger partial charge >= 0.3 is 0 Å². The third kappa shape index (κ3) is 2.67. The minimum atomic E-state index is -1.08. The van der Waals surface area contributed by atoms with E-state index >= 15 is 0 Å². The maximum atomic E-state index is 13.3. The molecule has 4 nitrogen and oxygen atoms in total. The van der Waals surface area contributed by atoms with E-state index in [9.17, 15) is 18.4 Å². The summed E-state index contributed by atoms with van der Waals surface area (Å²) >= 11 is 0. The molecule has 0 unspecified atom stereocenters. The molecular weight excluding hydrogens is 304 g/mol. The second-order valence-corrected chi connectivity index (χ2v) is 5.14. The van der Waals surface area contributed by atoms with Crippen LogP contribution in [0.4, 0.5) is 14.5 Å². The van der Waals surface area contributed by atoms with Crippen molar-refractivity contribution in [3.8, 4) is 5.75 Å². The van der Waals surface area contributed by atoms with E-state index in [0.29, 0.717) is 17.0 Å². The topological polar surface area (TPSA) is 46.6 Å². The van der Waals surface area contributed by atoms with Gasteiger partial charge in [0.1, 0.15) is 5.75 Å². The number of ketones is 1. The van der Waals surface area contributed by atoms with Crippen LogP contribution in [0.5, 0.6) is 5.75 Å². The smallest absolute Gasteiger partial charge is 0.258 e. The molecule has 1 aliphatic heterocycles. The average Bonchev–Trinajstić information content (AvgIpc) is 2.57. The lowest BCUT2D eigenvalue weighted by Crippen LogP contribution is -2.37. The zero-order valence-corrected chi connectivity index (χ0v) is 12.3. The average molecular weight is 317 g/mol. The van der Waals surface area contributed by atoms with Crippen molar-refractivity contribution in [1.82, 2.24) is 0 Å². The highest BCUT2D eigenvalue weighted by Crippen LogP contribution is 2.31. The van der Waals surface area contributed by atoms with E-state index in [1.54, 1.807) is 18.2 Å². The third-order valence-corrected chi connectivity index (χ3v) is 3.77. The summed E-state index contributed by atoms with van der Waals surface area (Å²) in [7, 11) is 1.49. The van der Waals surface area contributed by atoms with Gasteiger partial charge in [0, 0.05) is 24.1 Å². The number of hydrogen-bond donors (Lipinski definition) is 0. The van der Waals surface area contributed by atoms with E-state index < -0.39 is 17.5 Å². The van der Waals surface area contributed by atoms with Gasteiger partial charge in [0.05, 0.1) is 12.8 Å². The number of halogens is 2. The summed E-state index contributed by atoms with van der Waals surface area (Å²) in [5.74, 6) is -2.16. The van der Waals surface area contributed by atoms with Crippen molar-refractivity contribution in [2.75, 3.05) is 18.6 Å². The van der Waals surface area contributed by atoms with Crippen LogP contribution < -0.4 is 9.64 Å². The molecule has 3 rings (SSSR count). The van der Waals surface area contributed by atoms with Gasteiger partial charge < -0.3 is 9.64 Å². The summed E-state index contributed by atoms with van der Waals surface area (Å²) in [4.78, 5) is 26.0. The molecule has 0 spiro atoms. The SMILES string of the molecule is COc1ccc2c(c1)C(=O)CCN2C(=O)c1ccc(F)c(F)c1. The summed E-state index contributed by atoms with van der Waals surface area (Å²) in [5.41, 5.74) is 0.850. The van der Waals surface area contributed by atoms with E-state index in [1.165, 1.54) is 18.1 Å². The highest BCUT2D eigenvalue weighted by Gasteiger charge is 2.28. The molecule has 6 heteroatoms. The number of ether oxygens (including phenoxy) is 1. The largest absolute Gasteiger partial charge is 0.497 e. The molecular formula is C17H13F2NO3. The van der Waals surface area contributed by atoms with Gasteiger partial charge in [-0.1, -0.05) is 0 Å². The Balaban J connectivity index is 2.01. The van der Waals surface area contributed by atoms with Crippen LogP contribution in [-0.2, 0) is 0 Å². The number of rotatable bonds is 2. The monoisotopic (exact) mass is 317 g/mol. The lowest BCUT2D eigenvalue weighted by Gasteiger charge is -2.29. The number of fused-ring (bicyclic) bond motifs is 1. The fraction of sp³-hybridized carbons (Fsp3) is 0.176. The molecule has 0 bridgehead atoms. The Kier molecular flexibility index (Phi) is 3.82. The normalized spacial score (nSPS) is 13.7. The number of hydrogen-bond acceptors (Lipinski definition) is 3. The Morgan fingerprint density at radius 1 is 1.13 bits per heavy atom. The Hall–Kier alpha value is -2.76. The minimum absolute atomic E-state index is 0.0278. The number of benzene rings is 2. The highest BCUT2D eigenvalue weighted by atomic mass is 19.2. The van der Waals surface area contributed by atoms with Gasteiger partial charge in [-0.2, -0.15) is 0 Å². The van der Waals surface area contributed by atoms with Crippen LogP contribution in [0.2, 0.25) is 0 Å². The van der Waals surface area contributed by atoms with Crippen LogP contribution in [0.3, 0.4) is 0 Å². The van der Waals surface area contributed by atoms with E-state index in [-0.39, 0.29) is 24.3 Å². The molecule has 0 aliphatic carbocycles. The van der Waals surface area contributed by atoms with Gasteiger partial charge in [-0.25, -0.2) is 8.78 Å². The maximum Gasteiger partial charge on any atom is 0.258 e. The van der Waals surface area contributed by atoms with E-state index in [0.717, 1.165) is 12.1 Å². The molecule has 1 aliphatic rings. The third-order valence-electron chi connectivity index (χ3n) is 3.77. The quantitative estimate of drug-likeness (QED) is 0.854. The fourth-order valence-electron chi connectivity index (χ4n) is 2.57. The van der Waals surface area contributed by atoms with Crippen molar-refractivity contribution < 1.29 is 23.1 Å². The molecule has 0 saturated heterocycles. The van der Waals surface area contributed by atoms with Crippen molar-refractivity contribution in [1.29, 1.82) is 0 Å². The summed E-state index contributed by atoms with van der Waals surface area (Å²) in [6.45, 7) is 0.190. The lowest BCUT2D eigenvalue weighted by molar-refractivity contribution is 0.0954. The minimum Gasteiger partial charge on any atom is -0.497 e. The number of Topliss-reactive ketones (excluding diaryl/α,β-unsaturated/α-hetero) is 1. The molecule has 0 radical (unpaired) electrons. The highest BCUT2D eigenvalue weighted by molar-refractivity contribution is 6.13. The second-order valence-electron chi connectivity index (χ2n) is 5.14. The van der Waals surface area contributed by atoms with Crippen molar-refractivity contribution in [2.45, 2.75) is 6.42 Å². The van der Waals surface area contributed by atoms with Crippen LogP contribution in [0, 0.1) is 11.6 Å². The number of carbonyl (C=O) groups excluding carboxylic acids is 2. The zero-order chi connectivity index (χ0) is 16.6. The summed E-state index contributed by atoms with van der Waals surface area (Å²) in [6, 6.07) is 7.82. The van der Waals surface area contributed by atoms with Crippen molar-refractivity contribution in [2.24, 2.45) is 0 Å². The summed E-state index contributed by atoms with van der Waals surface area (Å²) in [5, 5.41) is 0. The zero-order valence-electron chi connectivity index (χ0n) is 12.3. The molecule has 0 atom stereocenters. The van der Waals surface area contributed by atoms with Gasteiger partial charge in [0.2, 0.25) is 0 Å². The Morgan fingerprint density at radius 2 is 1.91 bits per heavy atom. The first kappa shape index (κ1) is 15.1. The van der Waals surface area contributed by atoms with Gasteiger partial charge in [-0.3, -0.25) is 9.59 Å². The van der Waals surface area contributed by atoms with Crippen LogP contribution in [-0.4, -0.2) is 25.3 Å². The number of methoxy groups -OCH3 is 1. The number of carbonyl (C=O) groups is 2. The van der Waals surface area contributed by atoms with Gasteiger partial charge in [0.25, 0.3) is 5.91 Å². The molecule has 2 aromatic rings. The molecule has 2 aromatic carbocycles. The fourth-order valence-corrected chi connectivity index (χ4v) is 2.57. The first-order valence-electron chi connectivity index (χ1n) is 6.99. The van der Waals surface area contributed by atoms with Crippen molar-refractivity contribution in [3.63, 3.8) is 0 Å². The first-order valence-corrected chi connectivity index (χ1v) is 6.99.